The van der Waals surface area contributed by atoms with E-state index in [4.69, 9.17) is 14.7 Å². The number of hydrogen-bond donors (Lipinski definition) is 2. The number of amides is 2. The fourth-order valence-corrected chi connectivity index (χ4v) is 6.80. The van der Waals surface area contributed by atoms with E-state index in [-0.39, 0.29) is 35.1 Å². The van der Waals surface area contributed by atoms with Gasteiger partial charge in [0.2, 0.25) is 5.91 Å². The standard InChI is InChI=1S/C35H42N6O5S/c1-22-9-10-27(16-33(22)47(5,44)45)35(43)38-19-29-17-31-28(18-37-29)11-12-30(39-31)32-14-26(8-6-7-13-36-25(4)42)15-34(40-32)41-20-23(2)46-24(3)21-41/h9-12,14-18,23-24H,6-8,13,19-21H2,1-5H3,(H,36,42)(H,38,43)/t23-,24+. The van der Waals surface area contributed by atoms with Gasteiger partial charge in [0.25, 0.3) is 5.91 Å². The van der Waals surface area contributed by atoms with Crippen molar-refractivity contribution >= 4 is 38.4 Å². The largest absolute Gasteiger partial charge is 0.372 e. The Hall–Kier alpha value is -4.42. The number of sulfone groups is 1. The molecule has 2 amide bonds. The first-order valence-electron chi connectivity index (χ1n) is 15.9. The summed E-state index contributed by atoms with van der Waals surface area (Å²) in [5.41, 5.74) is 4.82. The number of pyridine rings is 3. The van der Waals surface area contributed by atoms with Crippen molar-refractivity contribution in [2.24, 2.45) is 0 Å². The number of hydrogen-bond acceptors (Lipinski definition) is 9. The number of fused-ring (bicyclic) bond motifs is 1. The lowest BCUT2D eigenvalue weighted by atomic mass is 10.1. The number of nitrogens with zero attached hydrogens (tertiary/aromatic N) is 4. The highest BCUT2D eigenvalue weighted by Gasteiger charge is 2.24. The second kappa shape index (κ2) is 14.6. The summed E-state index contributed by atoms with van der Waals surface area (Å²) in [7, 11) is -3.46. The van der Waals surface area contributed by atoms with Gasteiger partial charge in [0, 0.05) is 50.0 Å². The fourth-order valence-electron chi connectivity index (χ4n) is 5.80. The van der Waals surface area contributed by atoms with Crippen molar-refractivity contribution in [3.05, 3.63) is 77.1 Å². The molecule has 1 aliphatic rings. The van der Waals surface area contributed by atoms with Crippen LogP contribution in [-0.2, 0) is 32.3 Å². The maximum Gasteiger partial charge on any atom is 0.251 e. The van der Waals surface area contributed by atoms with Crippen molar-refractivity contribution in [1.82, 2.24) is 25.6 Å². The third-order valence-corrected chi connectivity index (χ3v) is 9.29. The first-order valence-corrected chi connectivity index (χ1v) is 17.8. The van der Waals surface area contributed by atoms with Crippen LogP contribution in [0.25, 0.3) is 22.3 Å². The minimum absolute atomic E-state index is 0.0217. The summed E-state index contributed by atoms with van der Waals surface area (Å²) >= 11 is 0. The summed E-state index contributed by atoms with van der Waals surface area (Å²) in [6.07, 6.45) is 5.66. The molecule has 12 heteroatoms. The van der Waals surface area contributed by atoms with E-state index in [2.05, 4.69) is 46.5 Å². The SMILES string of the molecule is CC(=O)NCCCCc1cc(-c2ccc3cnc(CNC(=O)c4ccc(C)c(S(C)(=O)=O)c4)cc3n2)nc(N2C[C@@H](C)O[C@@H](C)C2)c1. The lowest BCUT2D eigenvalue weighted by molar-refractivity contribution is -0.118. The zero-order chi connectivity index (χ0) is 33.7. The van der Waals surface area contributed by atoms with Crippen LogP contribution in [-0.4, -0.2) is 73.3 Å². The van der Waals surface area contributed by atoms with E-state index < -0.39 is 15.7 Å². The Morgan fingerprint density at radius 3 is 2.45 bits per heavy atom. The number of carbonyl (C=O) groups is 2. The number of rotatable bonds is 11. The zero-order valence-electron chi connectivity index (χ0n) is 27.5. The quantitative estimate of drug-likeness (QED) is 0.224. The lowest BCUT2D eigenvalue weighted by Gasteiger charge is -2.36. The summed E-state index contributed by atoms with van der Waals surface area (Å²) in [5, 5.41) is 6.56. The van der Waals surface area contributed by atoms with Gasteiger partial charge in [-0.05, 0) is 93.6 Å². The molecule has 0 radical (unpaired) electrons. The van der Waals surface area contributed by atoms with E-state index in [9.17, 15) is 18.0 Å². The molecule has 3 aromatic heterocycles. The van der Waals surface area contributed by atoms with E-state index in [1.54, 1.807) is 25.3 Å². The summed E-state index contributed by atoms with van der Waals surface area (Å²) in [5.74, 6) is 0.471. The van der Waals surface area contributed by atoms with Gasteiger partial charge in [-0.3, -0.25) is 14.6 Å². The minimum Gasteiger partial charge on any atom is -0.372 e. The highest BCUT2D eigenvalue weighted by atomic mass is 32.2. The average molecular weight is 659 g/mol. The summed E-state index contributed by atoms with van der Waals surface area (Å²) in [4.78, 5) is 41.1. The highest BCUT2D eigenvalue weighted by molar-refractivity contribution is 7.90. The number of ether oxygens (including phenoxy) is 1. The van der Waals surface area contributed by atoms with Crippen LogP contribution < -0.4 is 15.5 Å². The van der Waals surface area contributed by atoms with Gasteiger partial charge in [-0.15, -0.1) is 0 Å². The molecule has 0 saturated carbocycles. The molecule has 1 aliphatic heterocycles. The maximum atomic E-state index is 12.9. The van der Waals surface area contributed by atoms with Crippen LogP contribution in [0.3, 0.4) is 0 Å². The van der Waals surface area contributed by atoms with E-state index in [0.29, 0.717) is 23.3 Å². The molecule has 2 atom stereocenters. The number of anilines is 1. The van der Waals surface area contributed by atoms with Crippen molar-refractivity contribution in [3.8, 4) is 11.4 Å². The van der Waals surface area contributed by atoms with Gasteiger partial charge < -0.3 is 20.3 Å². The Labute approximate surface area is 276 Å². The summed E-state index contributed by atoms with van der Waals surface area (Å²) in [6, 6.07) is 14.6. The molecule has 4 aromatic rings. The summed E-state index contributed by atoms with van der Waals surface area (Å²) in [6.45, 7) is 9.65. The van der Waals surface area contributed by atoms with Gasteiger partial charge in [-0.1, -0.05) is 6.07 Å². The number of unbranched alkanes of at least 4 members (excludes halogenated alkanes) is 1. The van der Waals surface area contributed by atoms with Crippen molar-refractivity contribution in [1.29, 1.82) is 0 Å². The molecule has 1 saturated heterocycles. The average Bonchev–Trinajstić information content (AvgIpc) is 3.02. The topological polar surface area (TPSA) is 143 Å². The van der Waals surface area contributed by atoms with Gasteiger partial charge in [-0.2, -0.15) is 0 Å². The molecule has 0 bridgehead atoms. The second-order valence-electron chi connectivity index (χ2n) is 12.3. The van der Waals surface area contributed by atoms with Crippen molar-refractivity contribution < 1.29 is 22.7 Å². The van der Waals surface area contributed by atoms with Gasteiger partial charge >= 0.3 is 0 Å². The Bertz CT molecular complexity index is 1890. The molecule has 47 heavy (non-hydrogen) atoms. The van der Waals surface area contributed by atoms with Crippen molar-refractivity contribution in [2.45, 2.75) is 70.6 Å². The van der Waals surface area contributed by atoms with Gasteiger partial charge in [0.15, 0.2) is 9.84 Å². The summed E-state index contributed by atoms with van der Waals surface area (Å²) < 4.78 is 30.2. The van der Waals surface area contributed by atoms with Crippen LogP contribution in [0.2, 0.25) is 0 Å². The van der Waals surface area contributed by atoms with Crippen LogP contribution >= 0.6 is 0 Å². The molecule has 0 aliphatic carbocycles. The fraction of sp³-hybridized carbons (Fsp3) is 0.400. The second-order valence-corrected chi connectivity index (χ2v) is 14.3. The van der Waals surface area contributed by atoms with E-state index >= 15 is 0 Å². The Morgan fingerprint density at radius 1 is 0.957 bits per heavy atom. The van der Waals surface area contributed by atoms with Crippen molar-refractivity contribution in [2.75, 3.05) is 30.8 Å². The molecule has 5 rings (SSSR count). The van der Waals surface area contributed by atoms with Gasteiger partial charge in [0.1, 0.15) is 5.82 Å². The smallest absolute Gasteiger partial charge is 0.251 e. The Kier molecular flexibility index (Phi) is 10.5. The van der Waals surface area contributed by atoms with Crippen LogP contribution in [0.15, 0.2) is 59.6 Å². The van der Waals surface area contributed by atoms with E-state index in [1.807, 2.05) is 18.2 Å². The van der Waals surface area contributed by atoms with Crippen molar-refractivity contribution in [3.63, 3.8) is 0 Å². The normalized spacial score (nSPS) is 16.7. The van der Waals surface area contributed by atoms with Gasteiger partial charge in [-0.25, -0.2) is 18.4 Å². The third-order valence-electron chi connectivity index (χ3n) is 8.05. The first-order chi connectivity index (χ1) is 22.4. The zero-order valence-corrected chi connectivity index (χ0v) is 28.4. The highest BCUT2D eigenvalue weighted by Crippen LogP contribution is 2.27. The molecule has 1 fully saturated rings. The molecular weight excluding hydrogens is 616 g/mol. The first kappa shape index (κ1) is 33.9. The van der Waals surface area contributed by atoms with Gasteiger partial charge in [0.05, 0.1) is 46.2 Å². The van der Waals surface area contributed by atoms with Crippen LogP contribution in [0.1, 0.15) is 60.8 Å². The molecule has 11 nitrogen and oxygen atoms in total. The Morgan fingerprint density at radius 2 is 1.72 bits per heavy atom. The Balaban J connectivity index is 1.38. The minimum atomic E-state index is -3.46. The molecule has 1 aromatic carbocycles. The number of aryl methyl sites for hydroxylation is 2. The van der Waals surface area contributed by atoms with E-state index in [0.717, 1.165) is 66.8 Å². The molecule has 248 valence electrons. The molecular formula is C35H42N6O5S. The maximum absolute atomic E-state index is 12.9. The monoisotopic (exact) mass is 658 g/mol. The number of aromatic nitrogens is 3. The number of carbonyl (C=O) groups excluding carboxylic acids is 2. The molecule has 0 spiro atoms. The molecule has 2 N–H and O–H groups in total. The lowest BCUT2D eigenvalue weighted by Crippen LogP contribution is -2.45. The number of benzene rings is 1. The van der Waals surface area contributed by atoms with Crippen LogP contribution in [0, 0.1) is 6.92 Å². The predicted octanol–water partition coefficient (Wildman–Crippen LogP) is 4.41. The number of morpholine rings is 1. The van der Waals surface area contributed by atoms with Crippen LogP contribution in [0.4, 0.5) is 5.82 Å². The third kappa shape index (κ3) is 8.89. The molecule has 4 heterocycles. The van der Waals surface area contributed by atoms with E-state index in [1.165, 1.54) is 13.0 Å². The van der Waals surface area contributed by atoms with Crippen LogP contribution in [0.5, 0.6) is 0 Å². The number of nitrogens with one attached hydrogen (secondary N) is 2. The predicted molar refractivity (Wildman–Crippen MR) is 182 cm³/mol. The molecule has 0 unspecified atom stereocenters.